The van der Waals surface area contributed by atoms with E-state index in [4.69, 9.17) is 5.11 Å². The Kier molecular flexibility index (Phi) is 10.9. The van der Waals surface area contributed by atoms with Gasteiger partial charge in [-0.15, -0.1) is 0 Å². The van der Waals surface area contributed by atoms with E-state index in [2.05, 4.69) is 26.3 Å². The Morgan fingerprint density at radius 3 is 1.86 bits per heavy atom. The van der Waals surface area contributed by atoms with Gasteiger partial charge in [-0.1, -0.05) is 53.2 Å². The van der Waals surface area contributed by atoms with Crippen molar-refractivity contribution in [2.75, 3.05) is 0 Å². The molecule has 0 heterocycles. The molecule has 124 valence electrons. The fraction of sp³-hybridized carbons (Fsp3) is 0.333. The molecule has 0 fully saturated rings. The molecule has 0 rings (SSSR count). The minimum absolute atomic E-state index is 0.105. The summed E-state index contributed by atoms with van der Waals surface area (Å²) in [6.45, 7) is 20.3. The third kappa shape index (κ3) is 7.16. The molecule has 0 saturated carbocycles. The van der Waals surface area contributed by atoms with E-state index in [9.17, 15) is 13.2 Å². The van der Waals surface area contributed by atoms with E-state index < -0.39 is 29.2 Å². The smallest absolute Gasteiger partial charge is 0.199 e. The predicted molar refractivity (Wildman–Crippen MR) is 88.4 cm³/mol. The predicted octanol–water partition coefficient (Wildman–Crippen LogP) is 6.80. The Hall–Kier alpha value is -1.97. The molecule has 0 aliphatic heterocycles. The van der Waals surface area contributed by atoms with Crippen LogP contribution in [0.15, 0.2) is 72.4 Å². The van der Waals surface area contributed by atoms with Crippen LogP contribution in [0.2, 0.25) is 0 Å². The van der Waals surface area contributed by atoms with Crippen LogP contribution in [0.3, 0.4) is 0 Å². The molecule has 1 atom stereocenters. The summed E-state index contributed by atoms with van der Waals surface area (Å²) >= 11 is 0. The summed E-state index contributed by atoms with van der Waals surface area (Å²) in [6.07, 6.45) is 1.96. The second kappa shape index (κ2) is 10.7. The van der Waals surface area contributed by atoms with Crippen molar-refractivity contribution in [2.24, 2.45) is 5.92 Å². The van der Waals surface area contributed by atoms with Crippen molar-refractivity contribution in [3.63, 3.8) is 0 Å². The molecule has 0 spiro atoms. The number of aliphatic hydroxyl groups excluding tert-OH is 1. The molecule has 0 amide bonds. The van der Waals surface area contributed by atoms with Gasteiger partial charge in [0.1, 0.15) is 11.6 Å². The molecule has 0 radical (unpaired) electrons. The molecule has 1 unspecified atom stereocenters. The highest BCUT2D eigenvalue weighted by Crippen LogP contribution is 2.28. The molecule has 1 nitrogen and oxygen atoms in total. The molecule has 0 aliphatic carbocycles. The van der Waals surface area contributed by atoms with E-state index in [-0.39, 0.29) is 11.1 Å². The SMILES string of the molecule is C=C(F)C(=C)/C(C)=C/CC(C)C(=C)/C(F)=C(/F)C(=C)O.CC. The fourth-order valence-electron chi connectivity index (χ4n) is 1.32. The molecule has 4 heteroatoms. The third-order valence-electron chi connectivity index (χ3n) is 2.90. The molecule has 1 N–H and O–H groups in total. The Morgan fingerprint density at radius 1 is 1.05 bits per heavy atom. The lowest BCUT2D eigenvalue weighted by Gasteiger charge is -2.12. The summed E-state index contributed by atoms with van der Waals surface area (Å²) in [5.41, 5.74) is 0.619. The minimum atomic E-state index is -1.43. The first-order valence-corrected chi connectivity index (χ1v) is 6.93. The zero-order valence-electron chi connectivity index (χ0n) is 13.8. The van der Waals surface area contributed by atoms with Crippen molar-refractivity contribution in [1.82, 2.24) is 0 Å². The van der Waals surface area contributed by atoms with Gasteiger partial charge in [0.15, 0.2) is 11.7 Å². The average Bonchev–Trinajstić information content (AvgIpc) is 2.50. The number of halogens is 3. The van der Waals surface area contributed by atoms with Gasteiger partial charge in [-0.2, -0.15) is 4.39 Å². The number of hydrogen-bond acceptors (Lipinski definition) is 1. The van der Waals surface area contributed by atoms with Gasteiger partial charge in [-0.05, 0) is 30.4 Å². The molecule has 0 aliphatic rings. The van der Waals surface area contributed by atoms with Crippen LogP contribution in [0.5, 0.6) is 0 Å². The highest BCUT2D eigenvalue weighted by Gasteiger charge is 2.17. The molecule has 0 saturated heterocycles. The maximum atomic E-state index is 13.6. The van der Waals surface area contributed by atoms with Crippen molar-refractivity contribution in [1.29, 1.82) is 0 Å². The lowest BCUT2D eigenvalue weighted by molar-refractivity contribution is 0.379. The van der Waals surface area contributed by atoms with Crippen LogP contribution in [0.4, 0.5) is 13.2 Å². The quantitative estimate of drug-likeness (QED) is 0.404. The largest absolute Gasteiger partial charge is 0.505 e. The van der Waals surface area contributed by atoms with Gasteiger partial charge in [0, 0.05) is 5.57 Å². The lowest BCUT2D eigenvalue weighted by atomic mass is 9.95. The molecule has 0 aromatic rings. The van der Waals surface area contributed by atoms with Gasteiger partial charge < -0.3 is 5.11 Å². The van der Waals surface area contributed by atoms with Crippen molar-refractivity contribution in [2.45, 2.75) is 34.1 Å². The van der Waals surface area contributed by atoms with E-state index in [1.807, 2.05) is 13.8 Å². The average molecular weight is 314 g/mol. The van der Waals surface area contributed by atoms with Gasteiger partial charge in [0.2, 0.25) is 0 Å². The number of aliphatic hydroxyl groups is 1. The van der Waals surface area contributed by atoms with Crippen molar-refractivity contribution in [3.8, 4) is 0 Å². The molecular weight excluding hydrogens is 289 g/mol. The van der Waals surface area contributed by atoms with Crippen molar-refractivity contribution >= 4 is 0 Å². The molecular formula is C18H25F3O. The van der Waals surface area contributed by atoms with Gasteiger partial charge in [0.25, 0.3) is 0 Å². The van der Waals surface area contributed by atoms with Crippen molar-refractivity contribution in [3.05, 3.63) is 72.4 Å². The fourth-order valence-corrected chi connectivity index (χ4v) is 1.32. The van der Waals surface area contributed by atoms with E-state index in [0.29, 0.717) is 12.0 Å². The first-order chi connectivity index (χ1) is 10.1. The topological polar surface area (TPSA) is 20.2 Å². The summed E-state index contributed by atoms with van der Waals surface area (Å²) in [5.74, 6) is -4.71. The summed E-state index contributed by atoms with van der Waals surface area (Å²) in [5, 5.41) is 8.79. The molecule has 0 bridgehead atoms. The van der Waals surface area contributed by atoms with E-state index in [1.54, 1.807) is 19.9 Å². The van der Waals surface area contributed by atoms with Gasteiger partial charge >= 0.3 is 0 Å². The monoisotopic (exact) mass is 314 g/mol. The standard InChI is InChI=1S/C16H19F3O.C2H6/c1-9(11(3)13(5)17)7-8-10(2)12(4)15(18)16(19)14(6)20;1-2/h7,10,20H,3-6,8H2,1-2H3;1-2H3/b9-7+,16-15-;. The van der Waals surface area contributed by atoms with E-state index in [1.165, 1.54) is 0 Å². The first-order valence-electron chi connectivity index (χ1n) is 6.93. The zero-order chi connectivity index (χ0) is 18.0. The Morgan fingerprint density at radius 2 is 1.50 bits per heavy atom. The van der Waals surface area contributed by atoms with Gasteiger partial charge in [-0.3, -0.25) is 0 Å². The highest BCUT2D eigenvalue weighted by atomic mass is 19.2. The summed E-state index contributed by atoms with van der Waals surface area (Å²) in [4.78, 5) is 0. The van der Waals surface area contributed by atoms with Gasteiger partial charge in [0.05, 0.1) is 0 Å². The van der Waals surface area contributed by atoms with Crippen LogP contribution < -0.4 is 0 Å². The number of allylic oxidation sites excluding steroid dienone is 7. The van der Waals surface area contributed by atoms with E-state index in [0.717, 1.165) is 0 Å². The first kappa shape index (κ1) is 22.3. The van der Waals surface area contributed by atoms with Crippen LogP contribution in [0.1, 0.15) is 34.1 Å². The van der Waals surface area contributed by atoms with Crippen LogP contribution in [-0.2, 0) is 0 Å². The molecule has 0 aromatic heterocycles. The maximum absolute atomic E-state index is 13.6. The van der Waals surface area contributed by atoms with E-state index >= 15 is 0 Å². The summed E-state index contributed by atoms with van der Waals surface area (Å²) in [7, 11) is 0. The number of hydrogen-bond donors (Lipinski definition) is 1. The Bertz CT molecular complexity index is 510. The Balaban J connectivity index is 0. The molecule has 0 aromatic carbocycles. The van der Waals surface area contributed by atoms with Gasteiger partial charge in [-0.25, -0.2) is 8.78 Å². The second-order valence-corrected chi connectivity index (χ2v) is 4.51. The minimum Gasteiger partial charge on any atom is -0.505 e. The van der Waals surface area contributed by atoms with Crippen LogP contribution in [0, 0.1) is 5.92 Å². The summed E-state index contributed by atoms with van der Waals surface area (Å²) < 4.78 is 39.6. The lowest BCUT2D eigenvalue weighted by Crippen LogP contribution is -2.00. The third-order valence-corrected chi connectivity index (χ3v) is 2.90. The number of rotatable bonds is 7. The molecule has 22 heavy (non-hydrogen) atoms. The van der Waals surface area contributed by atoms with Crippen LogP contribution >= 0.6 is 0 Å². The Labute approximate surface area is 131 Å². The maximum Gasteiger partial charge on any atom is 0.199 e. The van der Waals surface area contributed by atoms with Crippen LogP contribution in [0.25, 0.3) is 0 Å². The normalized spacial score (nSPS) is 13.3. The highest BCUT2D eigenvalue weighted by molar-refractivity contribution is 5.39. The zero-order valence-corrected chi connectivity index (χ0v) is 13.8. The summed E-state index contributed by atoms with van der Waals surface area (Å²) in [6, 6.07) is 0. The van der Waals surface area contributed by atoms with Crippen molar-refractivity contribution < 1.29 is 18.3 Å². The van der Waals surface area contributed by atoms with Crippen LogP contribution in [-0.4, -0.2) is 5.11 Å². The second-order valence-electron chi connectivity index (χ2n) is 4.51.